The molecule has 1 atom stereocenters. The fourth-order valence-electron chi connectivity index (χ4n) is 1.53. The van der Waals surface area contributed by atoms with Crippen molar-refractivity contribution in [3.05, 3.63) is 48.6 Å². The fraction of sp³-hybridized carbons (Fsp3) is 0.250. The van der Waals surface area contributed by atoms with Crippen molar-refractivity contribution < 1.29 is 9.90 Å². The zero-order chi connectivity index (χ0) is 11.3. The van der Waals surface area contributed by atoms with Crippen molar-refractivity contribution in [3.8, 4) is 0 Å². The highest BCUT2D eigenvalue weighted by atomic mass is 16.4. The summed E-state index contributed by atoms with van der Waals surface area (Å²) in [5.74, 6) is -0.842. The van der Waals surface area contributed by atoms with E-state index in [0.29, 0.717) is 6.54 Å². The van der Waals surface area contributed by atoms with E-state index >= 15 is 0 Å². The van der Waals surface area contributed by atoms with Crippen molar-refractivity contribution >= 4 is 5.97 Å². The molecule has 80 valence electrons. The fourth-order valence-corrected chi connectivity index (χ4v) is 1.53. The molecule has 0 aliphatic carbocycles. The first kappa shape index (κ1) is 11.5. The average molecular weight is 205 g/mol. The van der Waals surface area contributed by atoms with Crippen molar-refractivity contribution in [3.63, 3.8) is 0 Å². The van der Waals surface area contributed by atoms with Gasteiger partial charge in [0.25, 0.3) is 0 Å². The van der Waals surface area contributed by atoms with Crippen LogP contribution < -0.4 is 0 Å². The summed E-state index contributed by atoms with van der Waals surface area (Å²) < 4.78 is 0. The van der Waals surface area contributed by atoms with E-state index in [1.54, 1.807) is 18.0 Å². The molecule has 0 aliphatic heterocycles. The van der Waals surface area contributed by atoms with Gasteiger partial charge in [0.15, 0.2) is 0 Å². The highest BCUT2D eigenvalue weighted by Gasteiger charge is 2.23. The summed E-state index contributed by atoms with van der Waals surface area (Å²) >= 11 is 0. The van der Waals surface area contributed by atoms with E-state index in [-0.39, 0.29) is 0 Å². The second kappa shape index (κ2) is 5.32. The number of hydrogen-bond acceptors (Lipinski definition) is 2. The minimum atomic E-state index is -0.842. The highest BCUT2D eigenvalue weighted by Crippen LogP contribution is 2.18. The van der Waals surface area contributed by atoms with Gasteiger partial charge in [-0.15, -0.1) is 6.58 Å². The monoisotopic (exact) mass is 205 g/mol. The number of benzene rings is 1. The second-order valence-electron chi connectivity index (χ2n) is 3.38. The molecule has 0 aromatic heterocycles. The lowest BCUT2D eigenvalue weighted by atomic mass is 10.1. The molecule has 0 bridgehead atoms. The van der Waals surface area contributed by atoms with E-state index in [2.05, 4.69) is 6.58 Å². The Morgan fingerprint density at radius 1 is 1.53 bits per heavy atom. The normalized spacial score (nSPS) is 12.4. The number of hydrogen-bond donors (Lipinski definition) is 1. The molecule has 3 heteroatoms. The number of carbonyl (C=O) groups is 1. The molecule has 1 unspecified atom stereocenters. The molecule has 1 N–H and O–H groups in total. The van der Waals surface area contributed by atoms with Crippen LogP contribution in [0.2, 0.25) is 0 Å². The van der Waals surface area contributed by atoms with Crippen LogP contribution in [-0.4, -0.2) is 29.6 Å². The van der Waals surface area contributed by atoms with Gasteiger partial charge in [-0.25, -0.2) is 0 Å². The second-order valence-corrected chi connectivity index (χ2v) is 3.38. The third kappa shape index (κ3) is 2.92. The smallest absolute Gasteiger partial charge is 0.325 e. The van der Waals surface area contributed by atoms with Crippen LogP contribution in [0.1, 0.15) is 11.6 Å². The van der Waals surface area contributed by atoms with Gasteiger partial charge in [0.2, 0.25) is 0 Å². The molecular formula is C12H15NO2. The lowest BCUT2D eigenvalue weighted by Gasteiger charge is -2.23. The van der Waals surface area contributed by atoms with Gasteiger partial charge in [0, 0.05) is 6.54 Å². The van der Waals surface area contributed by atoms with Crippen LogP contribution >= 0.6 is 0 Å². The minimum Gasteiger partial charge on any atom is -0.480 e. The first-order valence-corrected chi connectivity index (χ1v) is 4.75. The summed E-state index contributed by atoms with van der Waals surface area (Å²) in [6.07, 6.45) is 1.69. The average Bonchev–Trinajstić information content (AvgIpc) is 2.19. The van der Waals surface area contributed by atoms with Crippen LogP contribution in [0.4, 0.5) is 0 Å². The predicted octanol–water partition coefficient (Wildman–Crippen LogP) is 1.93. The third-order valence-corrected chi connectivity index (χ3v) is 2.21. The summed E-state index contributed by atoms with van der Waals surface area (Å²) in [4.78, 5) is 12.9. The Balaban J connectivity index is 2.93. The van der Waals surface area contributed by atoms with Gasteiger partial charge in [-0.2, -0.15) is 0 Å². The molecule has 0 radical (unpaired) electrons. The van der Waals surface area contributed by atoms with Crippen molar-refractivity contribution in [1.29, 1.82) is 0 Å². The molecule has 0 saturated carbocycles. The molecule has 15 heavy (non-hydrogen) atoms. The first-order chi connectivity index (χ1) is 7.16. The van der Waals surface area contributed by atoms with Crippen molar-refractivity contribution in [2.24, 2.45) is 0 Å². The molecule has 0 spiro atoms. The molecule has 3 nitrogen and oxygen atoms in total. The Hall–Kier alpha value is -1.61. The topological polar surface area (TPSA) is 40.5 Å². The highest BCUT2D eigenvalue weighted by molar-refractivity contribution is 5.75. The molecule has 0 fully saturated rings. The Kier molecular flexibility index (Phi) is 4.06. The molecule has 1 aromatic carbocycles. The Morgan fingerprint density at radius 2 is 2.13 bits per heavy atom. The van der Waals surface area contributed by atoms with Crippen LogP contribution in [0.15, 0.2) is 43.0 Å². The van der Waals surface area contributed by atoms with Crippen LogP contribution in [0, 0.1) is 0 Å². The van der Waals surface area contributed by atoms with Gasteiger partial charge in [-0.05, 0) is 12.6 Å². The van der Waals surface area contributed by atoms with Gasteiger partial charge in [0.1, 0.15) is 6.04 Å². The van der Waals surface area contributed by atoms with E-state index in [1.165, 1.54) is 0 Å². The zero-order valence-electron chi connectivity index (χ0n) is 8.76. The standard InChI is InChI=1S/C12H15NO2/c1-3-9-13(2)11(12(14)15)10-7-5-4-6-8-10/h3-8,11H,1,9H2,2H3,(H,14,15). The van der Waals surface area contributed by atoms with E-state index in [1.807, 2.05) is 30.3 Å². The van der Waals surface area contributed by atoms with Crippen LogP contribution in [0.25, 0.3) is 0 Å². The van der Waals surface area contributed by atoms with E-state index in [0.717, 1.165) is 5.56 Å². The summed E-state index contributed by atoms with van der Waals surface area (Å²) in [7, 11) is 1.77. The summed E-state index contributed by atoms with van der Waals surface area (Å²) in [6, 6.07) is 8.58. The Bertz CT molecular complexity index is 335. The van der Waals surface area contributed by atoms with Crippen LogP contribution in [-0.2, 0) is 4.79 Å². The van der Waals surface area contributed by atoms with Gasteiger partial charge >= 0.3 is 5.97 Å². The molecule has 0 aliphatic rings. The largest absolute Gasteiger partial charge is 0.480 e. The van der Waals surface area contributed by atoms with E-state index in [4.69, 9.17) is 5.11 Å². The van der Waals surface area contributed by atoms with Crippen molar-refractivity contribution in [1.82, 2.24) is 4.90 Å². The number of aliphatic carboxylic acids is 1. The summed E-state index contributed by atoms with van der Waals surface area (Å²) in [5, 5.41) is 9.15. The van der Waals surface area contributed by atoms with Gasteiger partial charge < -0.3 is 5.11 Å². The number of carboxylic acid groups (broad SMARTS) is 1. The zero-order valence-corrected chi connectivity index (χ0v) is 8.76. The molecular weight excluding hydrogens is 190 g/mol. The molecule has 1 aromatic rings. The van der Waals surface area contributed by atoms with Gasteiger partial charge in [-0.1, -0.05) is 36.4 Å². The summed E-state index contributed by atoms with van der Waals surface area (Å²) in [5.41, 5.74) is 0.786. The SMILES string of the molecule is C=CCN(C)C(C(=O)O)c1ccccc1. The molecule has 0 saturated heterocycles. The Labute approximate surface area is 89.6 Å². The number of rotatable bonds is 5. The van der Waals surface area contributed by atoms with E-state index in [9.17, 15) is 4.79 Å². The van der Waals surface area contributed by atoms with Crippen molar-refractivity contribution in [2.45, 2.75) is 6.04 Å². The Morgan fingerprint density at radius 3 is 2.60 bits per heavy atom. The van der Waals surface area contributed by atoms with Crippen LogP contribution in [0.3, 0.4) is 0 Å². The molecule has 0 heterocycles. The number of nitrogens with zero attached hydrogens (tertiary/aromatic N) is 1. The lowest BCUT2D eigenvalue weighted by Crippen LogP contribution is -2.30. The maximum Gasteiger partial charge on any atom is 0.325 e. The van der Waals surface area contributed by atoms with Gasteiger partial charge in [0.05, 0.1) is 0 Å². The first-order valence-electron chi connectivity index (χ1n) is 4.75. The van der Waals surface area contributed by atoms with Crippen molar-refractivity contribution in [2.75, 3.05) is 13.6 Å². The van der Waals surface area contributed by atoms with Crippen LogP contribution in [0.5, 0.6) is 0 Å². The summed E-state index contributed by atoms with van der Waals surface area (Å²) in [6.45, 7) is 4.15. The van der Waals surface area contributed by atoms with E-state index < -0.39 is 12.0 Å². The quantitative estimate of drug-likeness (QED) is 0.747. The number of carboxylic acids is 1. The third-order valence-electron chi connectivity index (χ3n) is 2.21. The maximum absolute atomic E-state index is 11.1. The molecule has 1 rings (SSSR count). The minimum absolute atomic E-state index is 0.547. The maximum atomic E-state index is 11.1. The number of likely N-dealkylation sites (N-methyl/N-ethyl adjacent to an activating group) is 1. The lowest BCUT2D eigenvalue weighted by molar-refractivity contribution is -0.142. The predicted molar refractivity (Wildman–Crippen MR) is 59.6 cm³/mol. The van der Waals surface area contributed by atoms with Gasteiger partial charge in [-0.3, -0.25) is 9.69 Å². The molecule has 0 amide bonds.